The summed E-state index contributed by atoms with van der Waals surface area (Å²) in [5.41, 5.74) is 5.79. The first-order chi connectivity index (χ1) is 14.2. The molecule has 0 spiro atoms. The second-order valence-electron chi connectivity index (χ2n) is 6.24. The van der Waals surface area contributed by atoms with Crippen molar-refractivity contribution in [1.29, 1.82) is 0 Å². The maximum absolute atomic E-state index is 12.5. The largest absolute Gasteiger partial charge is 0.490 e. The fourth-order valence-electron chi connectivity index (χ4n) is 2.65. The van der Waals surface area contributed by atoms with Crippen LogP contribution in [0.1, 0.15) is 23.5 Å². The van der Waals surface area contributed by atoms with Crippen LogP contribution in [0.2, 0.25) is 0 Å². The van der Waals surface area contributed by atoms with Crippen molar-refractivity contribution >= 4 is 12.3 Å². The van der Waals surface area contributed by atoms with E-state index in [2.05, 4.69) is 0 Å². The summed E-state index contributed by atoms with van der Waals surface area (Å²) in [5, 5.41) is 9.04. The average Bonchev–Trinajstić information content (AvgIpc) is 2.70. The van der Waals surface area contributed by atoms with Crippen LogP contribution < -0.4 is 15.2 Å². The van der Waals surface area contributed by atoms with Crippen molar-refractivity contribution in [1.82, 2.24) is 0 Å². The van der Waals surface area contributed by atoms with Crippen molar-refractivity contribution in [3.05, 3.63) is 71.4 Å². The van der Waals surface area contributed by atoms with Gasteiger partial charge in [-0.1, -0.05) is 12.1 Å². The predicted molar refractivity (Wildman–Crippen MR) is 102 cm³/mol. The lowest BCUT2D eigenvalue weighted by molar-refractivity contribution is -0.138. The lowest BCUT2D eigenvalue weighted by Gasteiger charge is -2.16. The minimum Gasteiger partial charge on any atom is -0.490 e. The second kappa shape index (κ2) is 10.3. The summed E-state index contributed by atoms with van der Waals surface area (Å²) >= 11 is 0. The van der Waals surface area contributed by atoms with E-state index in [-0.39, 0.29) is 31.1 Å². The molecule has 0 aromatic heterocycles. The number of nitrogens with two attached hydrogens (primary N) is 1. The molecule has 0 aliphatic heterocycles. The number of allylic oxidation sites excluding steroid dienone is 2. The molecule has 1 atom stereocenters. The molecule has 6 nitrogen and oxygen atoms in total. The van der Waals surface area contributed by atoms with Gasteiger partial charge >= 0.3 is 12.1 Å². The molecule has 3 N–H and O–H groups in total. The van der Waals surface area contributed by atoms with E-state index in [0.29, 0.717) is 17.6 Å². The zero-order chi connectivity index (χ0) is 22.1. The topological polar surface area (TPSA) is 98.9 Å². The van der Waals surface area contributed by atoms with Gasteiger partial charge in [0.25, 0.3) is 0 Å². The van der Waals surface area contributed by atoms with Crippen LogP contribution in [0.4, 0.5) is 13.2 Å². The van der Waals surface area contributed by atoms with Crippen molar-refractivity contribution in [3.8, 4) is 11.5 Å². The maximum atomic E-state index is 12.5. The number of carbonyl (C=O) groups excluding carboxylic acids is 1. The molecule has 2 rings (SSSR count). The van der Waals surface area contributed by atoms with Crippen LogP contribution in [0.3, 0.4) is 0 Å². The highest BCUT2D eigenvalue weighted by Crippen LogP contribution is 2.30. The number of carbonyl (C=O) groups is 2. The number of hydrogen-bond acceptors (Lipinski definition) is 5. The normalized spacial score (nSPS) is 12.8. The van der Waals surface area contributed by atoms with Gasteiger partial charge < -0.3 is 20.3 Å². The van der Waals surface area contributed by atoms with Crippen molar-refractivity contribution in [2.24, 2.45) is 5.73 Å². The summed E-state index contributed by atoms with van der Waals surface area (Å²) in [7, 11) is 0. The zero-order valence-corrected chi connectivity index (χ0v) is 15.8. The quantitative estimate of drug-likeness (QED) is 0.343. The predicted octanol–water partition coefficient (Wildman–Crippen LogP) is 3.76. The van der Waals surface area contributed by atoms with E-state index >= 15 is 0 Å². The van der Waals surface area contributed by atoms with Crippen molar-refractivity contribution in [2.75, 3.05) is 13.2 Å². The maximum Gasteiger partial charge on any atom is 0.416 e. The Labute approximate surface area is 170 Å². The van der Waals surface area contributed by atoms with Gasteiger partial charge in [-0.05, 0) is 48.0 Å². The van der Waals surface area contributed by atoms with Gasteiger partial charge in [0.05, 0.1) is 12.0 Å². The Morgan fingerprint density at radius 2 is 1.50 bits per heavy atom. The number of carboxylic acids is 1. The number of halogens is 3. The monoisotopic (exact) mass is 423 g/mol. The molecular weight excluding hydrogens is 403 g/mol. The van der Waals surface area contributed by atoms with Crippen molar-refractivity contribution < 1.29 is 37.3 Å². The number of aliphatic carboxylic acids is 1. The first-order valence-corrected chi connectivity index (χ1v) is 8.86. The van der Waals surface area contributed by atoms with Crippen LogP contribution in [-0.4, -0.2) is 30.6 Å². The summed E-state index contributed by atoms with van der Waals surface area (Å²) in [4.78, 5) is 21.7. The van der Waals surface area contributed by atoms with E-state index in [1.54, 1.807) is 24.3 Å². The molecule has 2 aromatic rings. The molecule has 0 unspecified atom stereocenters. The number of ether oxygens (including phenoxy) is 2. The SMILES string of the molecule is NC(=CC=O)[C@@H](CC(=O)O)c1ccc(OCCOc2ccc(C(F)(F)F)cc2)cc1. The summed E-state index contributed by atoms with van der Waals surface area (Å²) in [6, 6.07) is 10.9. The molecule has 0 amide bonds. The highest BCUT2D eigenvalue weighted by atomic mass is 19.4. The fraction of sp³-hybridized carbons (Fsp3) is 0.238. The van der Waals surface area contributed by atoms with Gasteiger partial charge in [-0.2, -0.15) is 13.2 Å². The van der Waals surface area contributed by atoms with E-state index in [4.69, 9.17) is 20.3 Å². The lowest BCUT2D eigenvalue weighted by Crippen LogP contribution is -2.15. The smallest absolute Gasteiger partial charge is 0.416 e. The molecule has 0 saturated heterocycles. The average molecular weight is 423 g/mol. The van der Waals surface area contributed by atoms with Crippen LogP contribution in [-0.2, 0) is 15.8 Å². The highest BCUT2D eigenvalue weighted by Gasteiger charge is 2.30. The number of rotatable bonds is 10. The third kappa shape index (κ3) is 6.84. The Bertz CT molecular complexity index is 877. The number of hydrogen-bond donors (Lipinski definition) is 2. The van der Waals surface area contributed by atoms with E-state index in [0.717, 1.165) is 18.2 Å². The van der Waals surface area contributed by atoms with Gasteiger partial charge in [0.2, 0.25) is 0 Å². The second-order valence-corrected chi connectivity index (χ2v) is 6.24. The summed E-state index contributed by atoms with van der Waals surface area (Å²) < 4.78 is 48.4. The molecular formula is C21H20F3NO5. The Morgan fingerprint density at radius 1 is 1.00 bits per heavy atom. The van der Waals surface area contributed by atoms with Crippen molar-refractivity contribution in [2.45, 2.75) is 18.5 Å². The van der Waals surface area contributed by atoms with Gasteiger partial charge in [-0.25, -0.2) is 0 Å². The third-order valence-electron chi connectivity index (χ3n) is 4.13. The Kier molecular flexibility index (Phi) is 7.85. The Hall–Kier alpha value is -3.49. The lowest BCUT2D eigenvalue weighted by atomic mass is 9.92. The van der Waals surface area contributed by atoms with Crippen LogP contribution in [0.15, 0.2) is 60.3 Å². The zero-order valence-electron chi connectivity index (χ0n) is 15.8. The minimum absolute atomic E-state index is 0.115. The first kappa shape index (κ1) is 22.8. The molecule has 0 bridgehead atoms. The molecule has 0 aliphatic rings. The van der Waals surface area contributed by atoms with Gasteiger partial charge in [0.1, 0.15) is 31.0 Å². The molecule has 0 heterocycles. The summed E-state index contributed by atoms with van der Waals surface area (Å²) in [5.74, 6) is -0.926. The Morgan fingerprint density at radius 3 is 1.93 bits per heavy atom. The van der Waals surface area contributed by atoms with E-state index in [1.807, 2.05) is 0 Å². The molecule has 30 heavy (non-hydrogen) atoms. The molecule has 2 aromatic carbocycles. The number of aldehydes is 1. The van der Waals surface area contributed by atoms with Crippen LogP contribution in [0.5, 0.6) is 11.5 Å². The van der Waals surface area contributed by atoms with Crippen molar-refractivity contribution in [3.63, 3.8) is 0 Å². The van der Waals surface area contributed by atoms with Crippen LogP contribution >= 0.6 is 0 Å². The Balaban J connectivity index is 1.89. The van der Waals surface area contributed by atoms with Crippen LogP contribution in [0.25, 0.3) is 0 Å². The minimum atomic E-state index is -4.40. The van der Waals surface area contributed by atoms with Gasteiger partial charge in [-0.3, -0.25) is 9.59 Å². The standard InChI is InChI=1S/C21H20F3NO5/c22-21(23,24)15-3-7-17(8-4-15)30-12-11-29-16-5-1-14(2-6-16)18(13-20(27)28)19(25)9-10-26/h1-10,18H,11-13,25H2,(H,27,28)/t18-/m0/s1. The van der Waals surface area contributed by atoms with E-state index < -0.39 is 23.6 Å². The molecule has 0 saturated carbocycles. The highest BCUT2D eigenvalue weighted by molar-refractivity contribution is 5.71. The van der Waals surface area contributed by atoms with Crippen LogP contribution in [0, 0.1) is 0 Å². The molecule has 9 heteroatoms. The molecule has 160 valence electrons. The molecule has 0 radical (unpaired) electrons. The number of carboxylic acid groups (broad SMARTS) is 1. The number of alkyl halides is 3. The first-order valence-electron chi connectivity index (χ1n) is 8.86. The number of benzene rings is 2. The third-order valence-corrected chi connectivity index (χ3v) is 4.13. The molecule has 0 fully saturated rings. The molecule has 0 aliphatic carbocycles. The summed E-state index contributed by atoms with van der Waals surface area (Å²) in [6.07, 6.45) is -3.04. The van der Waals surface area contributed by atoms with Gasteiger partial charge in [0.15, 0.2) is 0 Å². The van der Waals surface area contributed by atoms with E-state index in [9.17, 15) is 22.8 Å². The summed E-state index contributed by atoms with van der Waals surface area (Å²) in [6.45, 7) is 0.260. The van der Waals surface area contributed by atoms with Gasteiger partial charge in [0, 0.05) is 11.6 Å². The fourth-order valence-corrected chi connectivity index (χ4v) is 2.65. The van der Waals surface area contributed by atoms with Gasteiger partial charge in [-0.15, -0.1) is 0 Å². The van der Waals surface area contributed by atoms with E-state index in [1.165, 1.54) is 12.1 Å².